The first kappa shape index (κ1) is 15.3. The predicted octanol–water partition coefficient (Wildman–Crippen LogP) is 3.53. The van der Waals surface area contributed by atoms with Gasteiger partial charge in [0.15, 0.2) is 5.78 Å². The lowest BCUT2D eigenvalue weighted by atomic mass is 9.47. The third-order valence-electron chi connectivity index (χ3n) is 6.22. The Bertz CT molecular complexity index is 465. The van der Waals surface area contributed by atoms with Crippen molar-refractivity contribution in [3.8, 4) is 0 Å². The smallest absolute Gasteiger partial charge is 0.306 e. The summed E-state index contributed by atoms with van der Waals surface area (Å²) < 4.78 is 4.89. The van der Waals surface area contributed by atoms with Crippen LogP contribution < -0.4 is 0 Å². The van der Waals surface area contributed by atoms with Gasteiger partial charge in [0.2, 0.25) is 0 Å². The second-order valence-corrected chi connectivity index (χ2v) is 7.17. The van der Waals surface area contributed by atoms with E-state index in [4.69, 9.17) is 4.74 Å². The number of allylic oxidation sites excluding steroid dienone is 2. The minimum absolute atomic E-state index is 0.0448. The fourth-order valence-corrected chi connectivity index (χ4v) is 4.37. The van der Waals surface area contributed by atoms with Gasteiger partial charge in [-0.15, -0.1) is 0 Å². The van der Waals surface area contributed by atoms with Crippen molar-refractivity contribution < 1.29 is 14.3 Å². The number of fused-ring (bicyclic) bond motifs is 1. The lowest BCUT2D eigenvalue weighted by Crippen LogP contribution is -2.51. The molecule has 1 fully saturated rings. The molecule has 2 aliphatic carbocycles. The van der Waals surface area contributed by atoms with Crippen molar-refractivity contribution in [2.75, 3.05) is 7.11 Å². The summed E-state index contributed by atoms with van der Waals surface area (Å²) in [5.41, 5.74) is 1.07. The van der Waals surface area contributed by atoms with Crippen LogP contribution in [0.25, 0.3) is 0 Å². The van der Waals surface area contributed by atoms with Crippen molar-refractivity contribution in [1.29, 1.82) is 0 Å². The molecule has 112 valence electrons. The summed E-state index contributed by atoms with van der Waals surface area (Å²) in [6, 6.07) is 0. The van der Waals surface area contributed by atoms with Gasteiger partial charge < -0.3 is 4.74 Å². The van der Waals surface area contributed by atoms with Gasteiger partial charge in [-0.25, -0.2) is 0 Å². The molecule has 2 rings (SSSR count). The van der Waals surface area contributed by atoms with Gasteiger partial charge in [-0.2, -0.15) is 0 Å². The Morgan fingerprint density at radius 3 is 2.70 bits per heavy atom. The normalized spacial score (nSPS) is 40.9. The first-order chi connectivity index (χ1) is 9.24. The molecule has 0 unspecified atom stereocenters. The van der Waals surface area contributed by atoms with Crippen LogP contribution in [0, 0.1) is 22.7 Å². The zero-order valence-corrected chi connectivity index (χ0v) is 13.3. The van der Waals surface area contributed by atoms with Crippen molar-refractivity contribution in [1.82, 2.24) is 0 Å². The maximum Gasteiger partial charge on any atom is 0.306 e. The molecule has 0 bridgehead atoms. The Kier molecular flexibility index (Phi) is 3.83. The summed E-state index contributed by atoms with van der Waals surface area (Å²) in [4.78, 5) is 23.9. The second kappa shape index (κ2) is 5.01. The quantitative estimate of drug-likeness (QED) is 0.726. The van der Waals surface area contributed by atoms with E-state index < -0.39 is 0 Å². The number of carbonyl (C=O) groups is 2. The number of rotatable bonds is 2. The molecule has 1 saturated carbocycles. The summed E-state index contributed by atoms with van der Waals surface area (Å²) in [6.07, 6.45) is 4.98. The third kappa shape index (κ3) is 2.21. The maximum atomic E-state index is 12.0. The van der Waals surface area contributed by atoms with E-state index >= 15 is 0 Å². The summed E-state index contributed by atoms with van der Waals surface area (Å²) in [7, 11) is 1.44. The summed E-state index contributed by atoms with van der Waals surface area (Å²) in [6.45, 7) is 8.71. The molecule has 0 heterocycles. The van der Waals surface area contributed by atoms with E-state index in [0.717, 1.165) is 12.8 Å². The Labute approximate surface area is 121 Å². The van der Waals surface area contributed by atoms with Gasteiger partial charge >= 0.3 is 5.97 Å². The SMILES string of the molecule is COC(=O)C[C@]1(C)[C@H](C)CC[C@@]2(C)C(C)=CC(=O)C[C@@H]12. The van der Waals surface area contributed by atoms with Gasteiger partial charge in [-0.05, 0) is 48.5 Å². The zero-order chi connectivity index (χ0) is 15.1. The molecular formula is C17H26O3. The Hall–Kier alpha value is -1.12. The highest BCUT2D eigenvalue weighted by atomic mass is 16.5. The average Bonchev–Trinajstić information content (AvgIpc) is 2.38. The molecule has 20 heavy (non-hydrogen) atoms. The van der Waals surface area contributed by atoms with Gasteiger partial charge in [0.1, 0.15) is 0 Å². The molecule has 0 aromatic heterocycles. The number of carbonyl (C=O) groups excluding carboxylic acids is 2. The van der Waals surface area contributed by atoms with E-state index in [-0.39, 0.29) is 28.5 Å². The van der Waals surface area contributed by atoms with E-state index in [2.05, 4.69) is 27.7 Å². The first-order valence-corrected chi connectivity index (χ1v) is 7.52. The van der Waals surface area contributed by atoms with Gasteiger partial charge in [0, 0.05) is 6.42 Å². The van der Waals surface area contributed by atoms with E-state index in [0.29, 0.717) is 18.8 Å². The first-order valence-electron chi connectivity index (χ1n) is 7.52. The third-order valence-corrected chi connectivity index (χ3v) is 6.22. The van der Waals surface area contributed by atoms with Crippen molar-refractivity contribution in [2.45, 2.75) is 53.4 Å². The zero-order valence-electron chi connectivity index (χ0n) is 13.3. The molecule has 0 spiro atoms. The second-order valence-electron chi connectivity index (χ2n) is 7.17. The van der Waals surface area contributed by atoms with Crippen LogP contribution in [0.5, 0.6) is 0 Å². The fraction of sp³-hybridized carbons (Fsp3) is 0.765. The molecule has 0 aromatic carbocycles. The van der Waals surface area contributed by atoms with E-state index in [1.165, 1.54) is 12.7 Å². The molecular weight excluding hydrogens is 252 g/mol. The van der Waals surface area contributed by atoms with Crippen molar-refractivity contribution in [3.05, 3.63) is 11.6 Å². The van der Waals surface area contributed by atoms with Gasteiger partial charge in [-0.1, -0.05) is 26.3 Å². The molecule has 4 atom stereocenters. The molecule has 0 aromatic rings. The molecule has 3 heteroatoms. The molecule has 0 amide bonds. The van der Waals surface area contributed by atoms with Crippen LogP contribution in [0.2, 0.25) is 0 Å². The molecule has 0 N–H and O–H groups in total. The number of ether oxygens (including phenoxy) is 1. The van der Waals surface area contributed by atoms with Crippen LogP contribution in [-0.2, 0) is 14.3 Å². The van der Waals surface area contributed by atoms with Crippen LogP contribution in [0.15, 0.2) is 11.6 Å². The molecule has 0 aliphatic heterocycles. The topological polar surface area (TPSA) is 43.4 Å². The minimum Gasteiger partial charge on any atom is -0.469 e. The van der Waals surface area contributed by atoms with E-state index in [1.54, 1.807) is 0 Å². The highest BCUT2D eigenvalue weighted by Crippen LogP contribution is 2.61. The van der Waals surface area contributed by atoms with Crippen molar-refractivity contribution >= 4 is 11.8 Å². The predicted molar refractivity (Wildman–Crippen MR) is 78.1 cm³/mol. The van der Waals surface area contributed by atoms with Crippen LogP contribution in [-0.4, -0.2) is 18.9 Å². The molecule has 0 radical (unpaired) electrons. The summed E-state index contributed by atoms with van der Waals surface area (Å²) in [5.74, 6) is 0.701. The average molecular weight is 278 g/mol. The molecule has 3 nitrogen and oxygen atoms in total. The van der Waals surface area contributed by atoms with Crippen molar-refractivity contribution in [3.63, 3.8) is 0 Å². The van der Waals surface area contributed by atoms with Crippen LogP contribution >= 0.6 is 0 Å². The highest BCUT2D eigenvalue weighted by Gasteiger charge is 2.55. The number of methoxy groups -OCH3 is 1. The number of ketones is 1. The Morgan fingerprint density at radius 2 is 2.10 bits per heavy atom. The summed E-state index contributed by atoms with van der Waals surface area (Å²) in [5, 5.41) is 0. The summed E-state index contributed by atoms with van der Waals surface area (Å²) >= 11 is 0. The highest BCUT2D eigenvalue weighted by molar-refractivity contribution is 5.92. The number of hydrogen-bond acceptors (Lipinski definition) is 3. The minimum atomic E-state index is -0.164. The fourth-order valence-electron chi connectivity index (χ4n) is 4.37. The van der Waals surface area contributed by atoms with Crippen molar-refractivity contribution in [2.24, 2.45) is 22.7 Å². The Morgan fingerprint density at radius 1 is 1.45 bits per heavy atom. The molecule has 0 saturated heterocycles. The van der Waals surface area contributed by atoms with Crippen LogP contribution in [0.1, 0.15) is 53.4 Å². The lowest BCUT2D eigenvalue weighted by Gasteiger charge is -2.57. The maximum absolute atomic E-state index is 12.0. The van der Waals surface area contributed by atoms with Gasteiger partial charge in [0.05, 0.1) is 13.5 Å². The van der Waals surface area contributed by atoms with Gasteiger partial charge in [-0.3, -0.25) is 9.59 Å². The number of esters is 1. The van der Waals surface area contributed by atoms with Crippen LogP contribution in [0.4, 0.5) is 0 Å². The monoisotopic (exact) mass is 278 g/mol. The Balaban J connectivity index is 2.43. The van der Waals surface area contributed by atoms with Crippen LogP contribution in [0.3, 0.4) is 0 Å². The molecule has 2 aliphatic rings. The standard InChI is InChI=1S/C17H26O3/c1-11-6-7-16(3)12(2)8-13(18)9-14(16)17(11,4)10-15(19)20-5/h8,11,14H,6-7,9-10H2,1-5H3/t11-,14-,16+,17-/m1/s1. The van der Waals surface area contributed by atoms with Gasteiger partial charge in [0.25, 0.3) is 0 Å². The number of hydrogen-bond donors (Lipinski definition) is 0. The largest absolute Gasteiger partial charge is 0.469 e. The van der Waals surface area contributed by atoms with E-state index in [1.807, 2.05) is 6.08 Å². The van der Waals surface area contributed by atoms with E-state index in [9.17, 15) is 9.59 Å². The lowest BCUT2D eigenvalue weighted by molar-refractivity contribution is -0.150.